The second-order valence-electron chi connectivity index (χ2n) is 5.29. The first kappa shape index (κ1) is 9.30. The van der Waals surface area contributed by atoms with E-state index in [9.17, 15) is 0 Å². The molecule has 0 nitrogen and oxygen atoms in total. The standard InChI is InChI=1S/C13H22/c1-10(2)9-12-8-7-11-5-3-4-6-13(11)12/h7-8,10-13H,3-6,9H2,1-2H3. The van der Waals surface area contributed by atoms with Crippen LogP contribution in [0, 0.1) is 23.7 Å². The lowest BCUT2D eigenvalue weighted by molar-refractivity contribution is 0.226. The Balaban J connectivity index is 1.95. The minimum absolute atomic E-state index is 0.871. The Bertz CT molecular complexity index is 190. The van der Waals surface area contributed by atoms with Gasteiger partial charge in [0.05, 0.1) is 0 Å². The van der Waals surface area contributed by atoms with Crippen molar-refractivity contribution in [2.75, 3.05) is 0 Å². The monoisotopic (exact) mass is 178 g/mol. The molecule has 0 amide bonds. The maximum atomic E-state index is 2.51. The molecule has 2 aliphatic rings. The van der Waals surface area contributed by atoms with Crippen LogP contribution >= 0.6 is 0 Å². The minimum Gasteiger partial charge on any atom is -0.0848 e. The maximum absolute atomic E-state index is 2.51. The van der Waals surface area contributed by atoms with Gasteiger partial charge in [0.1, 0.15) is 0 Å². The van der Waals surface area contributed by atoms with Crippen LogP contribution in [0.1, 0.15) is 46.0 Å². The molecule has 2 aliphatic carbocycles. The molecule has 0 aromatic rings. The molecule has 3 atom stereocenters. The van der Waals surface area contributed by atoms with Crippen LogP contribution in [0.15, 0.2) is 12.2 Å². The fraction of sp³-hybridized carbons (Fsp3) is 0.846. The van der Waals surface area contributed by atoms with Crippen LogP contribution in [0.3, 0.4) is 0 Å². The summed E-state index contributed by atoms with van der Waals surface area (Å²) in [6.07, 6.45) is 12.4. The van der Waals surface area contributed by atoms with E-state index in [1.807, 2.05) is 0 Å². The smallest absolute Gasteiger partial charge is 0.0197 e. The molecular weight excluding hydrogens is 156 g/mol. The highest BCUT2D eigenvalue weighted by Crippen LogP contribution is 2.43. The number of hydrogen-bond acceptors (Lipinski definition) is 0. The van der Waals surface area contributed by atoms with E-state index in [1.165, 1.54) is 32.1 Å². The topological polar surface area (TPSA) is 0 Å². The molecule has 13 heavy (non-hydrogen) atoms. The van der Waals surface area contributed by atoms with Gasteiger partial charge in [-0.15, -0.1) is 0 Å². The molecule has 2 rings (SSSR count). The van der Waals surface area contributed by atoms with Gasteiger partial charge < -0.3 is 0 Å². The summed E-state index contributed by atoms with van der Waals surface area (Å²) >= 11 is 0. The Morgan fingerprint density at radius 1 is 1.15 bits per heavy atom. The lowest BCUT2D eigenvalue weighted by Crippen LogP contribution is -2.20. The molecule has 74 valence electrons. The molecule has 0 spiro atoms. The number of rotatable bonds is 2. The zero-order chi connectivity index (χ0) is 9.26. The summed E-state index contributed by atoms with van der Waals surface area (Å²) in [7, 11) is 0. The molecule has 0 radical (unpaired) electrons. The SMILES string of the molecule is CC(C)CC1C=CC2CCCCC21. The van der Waals surface area contributed by atoms with Gasteiger partial charge in [-0.2, -0.15) is 0 Å². The molecule has 3 unspecified atom stereocenters. The van der Waals surface area contributed by atoms with E-state index in [0.717, 1.165) is 23.7 Å². The lowest BCUT2D eigenvalue weighted by atomic mass is 9.75. The van der Waals surface area contributed by atoms with Crippen molar-refractivity contribution in [1.29, 1.82) is 0 Å². The van der Waals surface area contributed by atoms with Gasteiger partial charge in [-0.05, 0) is 42.9 Å². The van der Waals surface area contributed by atoms with Crippen LogP contribution in [-0.2, 0) is 0 Å². The van der Waals surface area contributed by atoms with E-state index in [4.69, 9.17) is 0 Å². The van der Waals surface area contributed by atoms with Crippen molar-refractivity contribution < 1.29 is 0 Å². The fourth-order valence-electron chi connectivity index (χ4n) is 3.18. The van der Waals surface area contributed by atoms with Crippen molar-refractivity contribution in [3.63, 3.8) is 0 Å². The molecule has 0 aromatic heterocycles. The van der Waals surface area contributed by atoms with Gasteiger partial charge in [0.25, 0.3) is 0 Å². The van der Waals surface area contributed by atoms with Crippen LogP contribution in [-0.4, -0.2) is 0 Å². The highest BCUT2D eigenvalue weighted by molar-refractivity contribution is 5.07. The molecule has 1 fully saturated rings. The first-order chi connectivity index (χ1) is 6.27. The summed E-state index contributed by atoms with van der Waals surface area (Å²) in [5.41, 5.74) is 0. The third-order valence-electron chi connectivity index (χ3n) is 3.77. The third kappa shape index (κ3) is 1.98. The van der Waals surface area contributed by atoms with E-state index in [-0.39, 0.29) is 0 Å². The van der Waals surface area contributed by atoms with Crippen molar-refractivity contribution in [1.82, 2.24) is 0 Å². The van der Waals surface area contributed by atoms with Crippen LogP contribution in [0.5, 0.6) is 0 Å². The van der Waals surface area contributed by atoms with Crippen molar-refractivity contribution in [2.24, 2.45) is 23.7 Å². The Labute approximate surface area is 82.4 Å². The van der Waals surface area contributed by atoms with Crippen LogP contribution in [0.25, 0.3) is 0 Å². The average molecular weight is 178 g/mol. The Morgan fingerprint density at radius 3 is 2.69 bits per heavy atom. The van der Waals surface area contributed by atoms with Gasteiger partial charge in [-0.1, -0.05) is 38.8 Å². The van der Waals surface area contributed by atoms with Crippen LogP contribution in [0.4, 0.5) is 0 Å². The third-order valence-corrected chi connectivity index (χ3v) is 3.77. The van der Waals surface area contributed by atoms with Gasteiger partial charge in [-0.25, -0.2) is 0 Å². The van der Waals surface area contributed by atoms with Crippen molar-refractivity contribution >= 4 is 0 Å². The average Bonchev–Trinajstić information content (AvgIpc) is 2.48. The van der Waals surface area contributed by atoms with E-state index in [1.54, 1.807) is 0 Å². The van der Waals surface area contributed by atoms with Crippen molar-refractivity contribution in [2.45, 2.75) is 46.0 Å². The normalized spacial score (nSPS) is 38.2. The summed E-state index contributed by atoms with van der Waals surface area (Å²) in [6.45, 7) is 4.70. The van der Waals surface area contributed by atoms with Gasteiger partial charge in [-0.3, -0.25) is 0 Å². The summed E-state index contributed by atoms with van der Waals surface area (Å²) in [5.74, 6) is 3.77. The molecular formula is C13H22. The van der Waals surface area contributed by atoms with E-state index >= 15 is 0 Å². The highest BCUT2D eigenvalue weighted by atomic mass is 14.4. The Hall–Kier alpha value is -0.260. The quantitative estimate of drug-likeness (QED) is 0.560. The lowest BCUT2D eigenvalue weighted by Gasteiger charge is -2.30. The highest BCUT2D eigenvalue weighted by Gasteiger charge is 2.33. The fourth-order valence-corrected chi connectivity index (χ4v) is 3.18. The van der Waals surface area contributed by atoms with Gasteiger partial charge in [0.15, 0.2) is 0 Å². The predicted molar refractivity (Wildman–Crippen MR) is 57.5 cm³/mol. The molecule has 0 heteroatoms. The summed E-state index contributed by atoms with van der Waals surface area (Å²) in [6, 6.07) is 0. The summed E-state index contributed by atoms with van der Waals surface area (Å²) in [5, 5.41) is 0. The zero-order valence-electron chi connectivity index (χ0n) is 9.00. The molecule has 0 bridgehead atoms. The number of hydrogen-bond donors (Lipinski definition) is 0. The Kier molecular flexibility index (Phi) is 2.76. The second kappa shape index (κ2) is 3.86. The first-order valence-electron chi connectivity index (χ1n) is 5.95. The molecule has 0 heterocycles. The molecule has 1 saturated carbocycles. The number of fused-ring (bicyclic) bond motifs is 1. The summed E-state index contributed by atoms with van der Waals surface area (Å²) in [4.78, 5) is 0. The molecule has 0 aromatic carbocycles. The first-order valence-corrected chi connectivity index (χ1v) is 5.95. The summed E-state index contributed by atoms with van der Waals surface area (Å²) < 4.78 is 0. The predicted octanol–water partition coefficient (Wildman–Crippen LogP) is 4.02. The van der Waals surface area contributed by atoms with Gasteiger partial charge >= 0.3 is 0 Å². The largest absolute Gasteiger partial charge is 0.0848 e. The minimum atomic E-state index is 0.871. The van der Waals surface area contributed by atoms with Crippen molar-refractivity contribution in [3.05, 3.63) is 12.2 Å². The van der Waals surface area contributed by atoms with Crippen molar-refractivity contribution in [3.8, 4) is 0 Å². The van der Waals surface area contributed by atoms with Gasteiger partial charge in [0, 0.05) is 0 Å². The Morgan fingerprint density at radius 2 is 1.92 bits per heavy atom. The molecule has 0 N–H and O–H groups in total. The van der Waals surface area contributed by atoms with E-state index in [0.29, 0.717) is 0 Å². The molecule has 0 aliphatic heterocycles. The number of allylic oxidation sites excluding steroid dienone is 2. The van der Waals surface area contributed by atoms with Crippen LogP contribution in [0.2, 0.25) is 0 Å². The van der Waals surface area contributed by atoms with Crippen LogP contribution < -0.4 is 0 Å². The van der Waals surface area contributed by atoms with Gasteiger partial charge in [0.2, 0.25) is 0 Å². The molecule has 0 saturated heterocycles. The van der Waals surface area contributed by atoms with E-state index in [2.05, 4.69) is 26.0 Å². The second-order valence-corrected chi connectivity index (χ2v) is 5.29. The maximum Gasteiger partial charge on any atom is -0.0197 e. The zero-order valence-corrected chi connectivity index (χ0v) is 9.00. The van der Waals surface area contributed by atoms with E-state index < -0.39 is 0 Å².